The number of rotatable bonds is 5. The topological polar surface area (TPSA) is 245 Å². The number of benzene rings is 2. The Hall–Kier alpha value is -5.78. The maximum absolute atomic E-state index is 12.7. The summed E-state index contributed by atoms with van der Waals surface area (Å²) in [6.07, 6.45) is 14.6. The maximum atomic E-state index is 12.7. The van der Waals surface area contributed by atoms with Gasteiger partial charge in [-0.25, -0.2) is 23.1 Å². The van der Waals surface area contributed by atoms with Crippen molar-refractivity contribution in [3.05, 3.63) is 80.2 Å². The van der Waals surface area contributed by atoms with Crippen LogP contribution in [0.1, 0.15) is 91.2 Å². The number of hydrogen-bond acceptors (Lipinski definition) is 11. The van der Waals surface area contributed by atoms with Crippen molar-refractivity contribution in [1.82, 2.24) is 34.1 Å². The normalized spacial score (nSPS) is 17.2. The lowest BCUT2D eigenvalue weighted by Gasteiger charge is -2.22. The quantitative estimate of drug-likeness (QED) is 0.246. The highest BCUT2D eigenvalue weighted by Crippen LogP contribution is 2.40. The van der Waals surface area contributed by atoms with Gasteiger partial charge in [0.05, 0.1) is 13.1 Å². The molecule has 0 saturated carbocycles. The lowest BCUT2D eigenvalue weighted by Crippen LogP contribution is -2.37. The first kappa shape index (κ1) is 41.0. The van der Waals surface area contributed by atoms with Crippen LogP contribution in [-0.2, 0) is 84.5 Å². The molecule has 0 atom stereocenters. The molecule has 6 aliphatic rings. The van der Waals surface area contributed by atoms with Crippen LogP contribution in [-0.4, -0.2) is 91.2 Å². The smallest absolute Gasteiger partial charge is 0.333 e. The van der Waals surface area contributed by atoms with Gasteiger partial charge in [-0.15, -0.1) is 5.26 Å². The summed E-state index contributed by atoms with van der Waals surface area (Å²) in [5, 5.41) is 23.6. The predicted molar refractivity (Wildman–Crippen MR) is 216 cm³/mol. The van der Waals surface area contributed by atoms with E-state index in [1.165, 1.54) is 77.5 Å². The summed E-state index contributed by atoms with van der Waals surface area (Å²) < 4.78 is 57.5. The van der Waals surface area contributed by atoms with Crippen LogP contribution < -0.4 is 19.9 Å². The molecule has 2 aromatic carbocycles. The number of aromatic nitrogens is 4. The van der Waals surface area contributed by atoms with Crippen molar-refractivity contribution in [2.24, 2.45) is 5.14 Å². The van der Waals surface area contributed by atoms with Crippen molar-refractivity contribution >= 4 is 43.6 Å². The van der Waals surface area contributed by atoms with Crippen molar-refractivity contribution in [1.29, 1.82) is 5.26 Å². The van der Waals surface area contributed by atoms with Gasteiger partial charge in [0.25, 0.3) is 38.1 Å². The van der Waals surface area contributed by atoms with E-state index >= 15 is 0 Å². The monoisotopic (exact) mass is 858 g/mol. The number of carbonyl (C=O) groups excluding carboxylic acids is 3. The number of ether oxygens (including phenoxy) is 1. The number of nitriles is 1. The molecule has 4 aliphatic carbocycles. The number of anilines is 1. The van der Waals surface area contributed by atoms with Crippen LogP contribution in [0, 0.1) is 11.5 Å². The van der Waals surface area contributed by atoms with E-state index in [9.17, 15) is 31.2 Å². The number of nitrogens with two attached hydrogens (primary N) is 1. The number of sulfonamides is 2. The fourth-order valence-corrected chi connectivity index (χ4v) is 10.4. The lowest BCUT2D eigenvalue weighted by molar-refractivity contribution is 0.0735. The minimum atomic E-state index is -4.21. The van der Waals surface area contributed by atoms with Gasteiger partial charge in [-0.2, -0.15) is 18.6 Å². The van der Waals surface area contributed by atoms with Crippen LogP contribution >= 0.6 is 0 Å². The average Bonchev–Trinajstić information content (AvgIpc) is 4.05. The molecule has 0 unspecified atom stereocenters. The van der Waals surface area contributed by atoms with Crippen LogP contribution in [0.3, 0.4) is 0 Å². The Bertz CT molecular complexity index is 2650. The van der Waals surface area contributed by atoms with Crippen LogP contribution in [0.15, 0.2) is 34.3 Å². The van der Waals surface area contributed by atoms with E-state index in [4.69, 9.17) is 15.1 Å². The summed E-state index contributed by atoms with van der Waals surface area (Å²) in [6, 6.07) is 6.20. The Balaban J connectivity index is 0.000000139. The van der Waals surface area contributed by atoms with E-state index in [0.717, 1.165) is 86.8 Å². The number of likely N-dealkylation sites (N-methyl/N-ethyl adjacent to an activating group) is 2. The second-order valence-corrected chi connectivity index (χ2v) is 19.0. The Morgan fingerprint density at radius 1 is 0.683 bits per heavy atom. The van der Waals surface area contributed by atoms with Crippen LogP contribution in [0.5, 0.6) is 5.75 Å². The van der Waals surface area contributed by atoms with Gasteiger partial charge in [0, 0.05) is 45.0 Å². The van der Waals surface area contributed by atoms with Gasteiger partial charge in [0.2, 0.25) is 0 Å². The standard InChI is InChI=1S/C20H23N5O4S.C13H13NO.C7H10N4O3S/c1-24-8-9-25-16(19(24)26)11-17(22-25)30(28,29)23-20(27)21-18-14-6-2-4-12(14)10-13-5-3-7-15(13)18;14-8-15-13-11-5-1-3-9(11)7-10-4-2-6-12(10)13;1-10-2-3-11-5(7(10)12)4-6(9-11)15(8,13)14/h10-11H,2-9H2,1H3,(H2,21,23,27);7H,1-6H2;4H,2-3H2,1H3,(H2,8,13,14). The third-order valence-corrected chi connectivity index (χ3v) is 14.0. The first-order chi connectivity index (χ1) is 28.6. The molecule has 4 heterocycles. The number of nitrogens with zero attached hydrogens (tertiary/aromatic N) is 7. The summed E-state index contributed by atoms with van der Waals surface area (Å²) in [6.45, 7) is 1.84. The molecular weight excluding hydrogens is 813 g/mol. The van der Waals surface area contributed by atoms with Gasteiger partial charge in [0.15, 0.2) is 10.1 Å². The highest BCUT2D eigenvalue weighted by Gasteiger charge is 2.32. The molecule has 4 aromatic rings. The summed E-state index contributed by atoms with van der Waals surface area (Å²) >= 11 is 0. The first-order valence-electron chi connectivity index (χ1n) is 20.0. The van der Waals surface area contributed by atoms with E-state index in [0.29, 0.717) is 26.2 Å². The fourth-order valence-electron chi connectivity index (χ4n) is 9.04. The van der Waals surface area contributed by atoms with Gasteiger partial charge in [-0.05, 0) is 122 Å². The minimum Gasteiger partial charge on any atom is -0.387 e. The van der Waals surface area contributed by atoms with Crippen molar-refractivity contribution in [3.8, 4) is 12.0 Å². The zero-order valence-electron chi connectivity index (χ0n) is 33.4. The van der Waals surface area contributed by atoms with Crippen LogP contribution in [0.2, 0.25) is 0 Å². The molecule has 2 aromatic heterocycles. The van der Waals surface area contributed by atoms with Gasteiger partial charge < -0.3 is 19.9 Å². The van der Waals surface area contributed by atoms with Gasteiger partial charge in [-0.3, -0.25) is 19.0 Å². The van der Waals surface area contributed by atoms with Crippen molar-refractivity contribution in [2.75, 3.05) is 32.5 Å². The largest absolute Gasteiger partial charge is 0.387 e. The number of aryl methyl sites for hydroxylation is 4. The van der Waals surface area contributed by atoms with Crippen molar-refractivity contribution in [2.45, 2.75) is 100 Å². The van der Waals surface area contributed by atoms with Crippen molar-refractivity contribution < 1.29 is 36.0 Å². The third kappa shape index (κ3) is 7.84. The number of hydrogen-bond donors (Lipinski definition) is 3. The molecule has 10 rings (SSSR count). The van der Waals surface area contributed by atoms with Gasteiger partial charge >= 0.3 is 6.03 Å². The summed E-state index contributed by atoms with van der Waals surface area (Å²) in [4.78, 5) is 39.5. The zero-order valence-corrected chi connectivity index (χ0v) is 35.0. The Labute approximate surface area is 347 Å². The average molecular weight is 859 g/mol. The van der Waals surface area contributed by atoms with E-state index in [-0.39, 0.29) is 33.3 Å². The Kier molecular flexibility index (Phi) is 10.9. The van der Waals surface area contributed by atoms with Crippen molar-refractivity contribution in [3.63, 3.8) is 0 Å². The molecule has 2 aliphatic heterocycles. The molecule has 0 saturated heterocycles. The summed E-state index contributed by atoms with van der Waals surface area (Å²) in [5.41, 5.74) is 11.4. The lowest BCUT2D eigenvalue weighted by atomic mass is 9.99. The van der Waals surface area contributed by atoms with E-state index < -0.39 is 26.1 Å². The number of amides is 4. The predicted octanol–water partition coefficient (Wildman–Crippen LogP) is 2.60. The van der Waals surface area contributed by atoms with Gasteiger partial charge in [-0.1, -0.05) is 12.1 Å². The molecule has 4 amide bonds. The number of nitrogens with one attached hydrogen (secondary N) is 2. The Morgan fingerprint density at radius 2 is 1.12 bits per heavy atom. The minimum absolute atomic E-state index is 0.197. The van der Waals surface area contributed by atoms with Gasteiger partial charge in [0.1, 0.15) is 17.1 Å². The SMILES string of the molecule is CN1CCn2nc(S(=O)(=O)NC(=O)Nc3c4c(cc5c3CCC5)CCC4)cc2C1=O.CN1CCn2nc(S(N)(=O)=O)cc2C1=O.N#COc1c2c(cc3c1CCC3)CCC2. The molecule has 20 heteroatoms. The van der Waals surface area contributed by atoms with Crippen LogP contribution in [0.4, 0.5) is 10.5 Å². The summed E-state index contributed by atoms with van der Waals surface area (Å²) in [7, 11) is -4.75. The Morgan fingerprint density at radius 3 is 1.58 bits per heavy atom. The van der Waals surface area contributed by atoms with E-state index in [1.807, 2.05) is 6.26 Å². The molecule has 316 valence electrons. The van der Waals surface area contributed by atoms with E-state index in [1.54, 1.807) is 14.1 Å². The molecule has 60 heavy (non-hydrogen) atoms. The molecule has 0 fully saturated rings. The second kappa shape index (κ2) is 16.0. The third-order valence-electron chi connectivity index (χ3n) is 12.0. The summed E-state index contributed by atoms with van der Waals surface area (Å²) in [5.74, 6) is 0.360. The zero-order chi connectivity index (χ0) is 42.5. The van der Waals surface area contributed by atoms with Crippen LogP contribution in [0.25, 0.3) is 0 Å². The molecule has 18 nitrogen and oxygen atoms in total. The number of urea groups is 1. The molecular formula is C40H46N10O8S2. The molecule has 0 spiro atoms. The highest BCUT2D eigenvalue weighted by molar-refractivity contribution is 7.90. The number of carbonyl (C=O) groups is 3. The first-order valence-corrected chi connectivity index (χ1v) is 23.1. The second-order valence-electron chi connectivity index (χ2n) is 15.9. The highest BCUT2D eigenvalue weighted by atomic mass is 32.2. The van der Waals surface area contributed by atoms with E-state index in [2.05, 4.69) is 32.4 Å². The fraction of sp³-hybridized carbons (Fsp3) is 0.450. The number of primary sulfonamides is 1. The number of fused-ring (bicyclic) bond motifs is 6. The molecule has 0 radical (unpaired) electrons. The molecule has 4 N–H and O–H groups in total. The molecule has 0 bridgehead atoms. The maximum Gasteiger partial charge on any atom is 0.333 e.